The van der Waals surface area contributed by atoms with Gasteiger partial charge in [-0.3, -0.25) is 4.79 Å². The predicted octanol–water partition coefficient (Wildman–Crippen LogP) is 5.65. The lowest BCUT2D eigenvalue weighted by Crippen LogP contribution is -2.22. The summed E-state index contributed by atoms with van der Waals surface area (Å²) in [7, 11) is 0. The standard InChI is InChI=1S/C17H14Cl2F3NO2/c1-9-5-10(2)16(13(19)6-9)25-8-15(24)23-14-4-3-11(18)7-12(14)17(20,21)22/h3-7H,8H2,1-2H3,(H,23,24). The van der Waals surface area contributed by atoms with E-state index in [9.17, 15) is 18.0 Å². The van der Waals surface area contributed by atoms with Crippen LogP contribution in [0.25, 0.3) is 0 Å². The first-order chi connectivity index (χ1) is 11.6. The van der Waals surface area contributed by atoms with Crippen molar-refractivity contribution in [3.8, 4) is 5.75 Å². The van der Waals surface area contributed by atoms with E-state index >= 15 is 0 Å². The van der Waals surface area contributed by atoms with Gasteiger partial charge in [0, 0.05) is 5.02 Å². The molecule has 0 heterocycles. The topological polar surface area (TPSA) is 38.3 Å². The number of halogens is 5. The number of carbonyl (C=O) groups is 1. The first-order valence-electron chi connectivity index (χ1n) is 7.14. The van der Waals surface area contributed by atoms with Crippen molar-refractivity contribution in [2.24, 2.45) is 0 Å². The summed E-state index contributed by atoms with van der Waals surface area (Å²) >= 11 is 11.7. The molecule has 134 valence electrons. The Balaban J connectivity index is 2.12. The molecule has 0 saturated heterocycles. The molecule has 0 aliphatic rings. The van der Waals surface area contributed by atoms with Crippen LogP contribution in [0.2, 0.25) is 10.0 Å². The van der Waals surface area contributed by atoms with Gasteiger partial charge in [-0.15, -0.1) is 0 Å². The van der Waals surface area contributed by atoms with Gasteiger partial charge in [-0.25, -0.2) is 0 Å². The maximum atomic E-state index is 13.0. The van der Waals surface area contributed by atoms with E-state index in [2.05, 4.69) is 5.32 Å². The number of benzene rings is 2. The molecule has 2 aromatic carbocycles. The third-order valence-corrected chi connectivity index (χ3v) is 3.80. The molecular formula is C17H14Cl2F3NO2. The third kappa shape index (κ3) is 5.03. The minimum atomic E-state index is -4.65. The average molecular weight is 392 g/mol. The van der Waals surface area contributed by atoms with Crippen LogP contribution in [-0.2, 0) is 11.0 Å². The maximum absolute atomic E-state index is 13.0. The van der Waals surface area contributed by atoms with Crippen LogP contribution in [0.1, 0.15) is 16.7 Å². The number of aryl methyl sites for hydroxylation is 2. The van der Waals surface area contributed by atoms with Crippen LogP contribution in [0, 0.1) is 13.8 Å². The van der Waals surface area contributed by atoms with Crippen LogP contribution in [0.4, 0.5) is 18.9 Å². The van der Waals surface area contributed by atoms with Gasteiger partial charge in [-0.1, -0.05) is 29.3 Å². The van der Waals surface area contributed by atoms with Gasteiger partial charge < -0.3 is 10.1 Å². The highest BCUT2D eigenvalue weighted by atomic mass is 35.5. The summed E-state index contributed by atoms with van der Waals surface area (Å²) in [5.41, 5.74) is 0.227. The van der Waals surface area contributed by atoms with Crippen molar-refractivity contribution in [3.63, 3.8) is 0 Å². The number of rotatable bonds is 4. The number of anilines is 1. The van der Waals surface area contributed by atoms with Crippen LogP contribution < -0.4 is 10.1 Å². The second kappa shape index (κ2) is 7.54. The Bertz CT molecular complexity index is 784. The van der Waals surface area contributed by atoms with Crippen molar-refractivity contribution in [2.45, 2.75) is 20.0 Å². The summed E-state index contributed by atoms with van der Waals surface area (Å²) in [4.78, 5) is 12.0. The Morgan fingerprint density at radius 2 is 1.84 bits per heavy atom. The molecule has 0 atom stereocenters. The van der Waals surface area contributed by atoms with E-state index < -0.39 is 29.9 Å². The number of ether oxygens (including phenoxy) is 1. The highest BCUT2D eigenvalue weighted by molar-refractivity contribution is 6.32. The number of alkyl halides is 3. The van der Waals surface area contributed by atoms with Gasteiger partial charge in [0.1, 0.15) is 5.75 Å². The Kier molecular flexibility index (Phi) is 5.85. The van der Waals surface area contributed by atoms with E-state index in [0.29, 0.717) is 10.8 Å². The fourth-order valence-corrected chi connectivity index (χ4v) is 2.82. The quantitative estimate of drug-likeness (QED) is 0.731. The van der Waals surface area contributed by atoms with Gasteiger partial charge in [0.25, 0.3) is 5.91 Å². The predicted molar refractivity (Wildman–Crippen MR) is 91.5 cm³/mol. The van der Waals surface area contributed by atoms with Crippen LogP contribution in [0.5, 0.6) is 5.75 Å². The molecule has 8 heteroatoms. The SMILES string of the molecule is Cc1cc(C)c(OCC(=O)Nc2ccc(Cl)cc2C(F)(F)F)c(Cl)c1. The van der Waals surface area contributed by atoms with Crippen molar-refractivity contribution in [3.05, 3.63) is 57.1 Å². The smallest absolute Gasteiger partial charge is 0.418 e. The zero-order valence-electron chi connectivity index (χ0n) is 13.3. The maximum Gasteiger partial charge on any atom is 0.418 e. The van der Waals surface area contributed by atoms with Gasteiger partial charge >= 0.3 is 6.18 Å². The highest BCUT2D eigenvalue weighted by Crippen LogP contribution is 2.36. The molecule has 0 aliphatic heterocycles. The van der Waals surface area contributed by atoms with E-state index in [-0.39, 0.29) is 5.02 Å². The summed E-state index contributed by atoms with van der Waals surface area (Å²) < 4.78 is 44.4. The molecule has 0 saturated carbocycles. The molecule has 0 aromatic heterocycles. The van der Waals surface area contributed by atoms with Crippen LogP contribution in [-0.4, -0.2) is 12.5 Å². The largest absolute Gasteiger partial charge is 0.482 e. The first-order valence-corrected chi connectivity index (χ1v) is 7.89. The normalized spacial score (nSPS) is 11.3. The van der Waals surface area contributed by atoms with Crippen molar-refractivity contribution >= 4 is 34.8 Å². The van der Waals surface area contributed by atoms with Crippen LogP contribution in [0.3, 0.4) is 0 Å². The summed E-state index contributed by atoms with van der Waals surface area (Å²) in [6, 6.07) is 6.59. The molecule has 0 bridgehead atoms. The van der Waals surface area contributed by atoms with E-state index in [1.807, 2.05) is 13.0 Å². The van der Waals surface area contributed by atoms with Gasteiger partial charge in [0.05, 0.1) is 16.3 Å². The molecule has 0 spiro atoms. The fraction of sp³-hybridized carbons (Fsp3) is 0.235. The van der Waals surface area contributed by atoms with E-state index in [1.54, 1.807) is 13.0 Å². The average Bonchev–Trinajstić information content (AvgIpc) is 2.47. The summed E-state index contributed by atoms with van der Waals surface area (Å²) in [6.07, 6.45) is -4.65. The molecule has 1 amide bonds. The van der Waals surface area contributed by atoms with E-state index in [4.69, 9.17) is 27.9 Å². The molecule has 0 unspecified atom stereocenters. The monoisotopic (exact) mass is 391 g/mol. The second-order valence-corrected chi connectivity index (χ2v) is 6.26. The minimum absolute atomic E-state index is 0.0800. The van der Waals surface area contributed by atoms with Gasteiger partial charge in [-0.05, 0) is 49.2 Å². The molecule has 1 N–H and O–H groups in total. The minimum Gasteiger partial charge on any atom is -0.482 e. The molecule has 0 aliphatic carbocycles. The van der Waals surface area contributed by atoms with E-state index in [0.717, 1.165) is 23.3 Å². The Morgan fingerprint density at radius 3 is 2.44 bits per heavy atom. The van der Waals surface area contributed by atoms with Crippen LogP contribution in [0.15, 0.2) is 30.3 Å². The Hall–Kier alpha value is -1.92. The number of hydrogen-bond donors (Lipinski definition) is 1. The number of nitrogens with one attached hydrogen (secondary N) is 1. The first kappa shape index (κ1) is 19.4. The molecule has 3 nitrogen and oxygen atoms in total. The van der Waals surface area contributed by atoms with Crippen LogP contribution >= 0.6 is 23.2 Å². The van der Waals surface area contributed by atoms with Gasteiger partial charge in [0.15, 0.2) is 6.61 Å². The molecule has 2 rings (SSSR count). The molecule has 0 radical (unpaired) electrons. The second-order valence-electron chi connectivity index (χ2n) is 5.42. The Morgan fingerprint density at radius 1 is 1.16 bits per heavy atom. The van der Waals surface area contributed by atoms with Crippen molar-refractivity contribution in [2.75, 3.05) is 11.9 Å². The molecular weight excluding hydrogens is 378 g/mol. The summed E-state index contributed by atoms with van der Waals surface area (Å²) in [6.45, 7) is 3.13. The van der Waals surface area contributed by atoms with E-state index in [1.165, 1.54) is 6.07 Å². The molecule has 0 fully saturated rings. The fourth-order valence-electron chi connectivity index (χ4n) is 2.27. The zero-order valence-corrected chi connectivity index (χ0v) is 14.8. The van der Waals surface area contributed by atoms with Crippen molar-refractivity contribution in [1.29, 1.82) is 0 Å². The lowest BCUT2D eigenvalue weighted by molar-refractivity contribution is -0.137. The third-order valence-electron chi connectivity index (χ3n) is 3.28. The summed E-state index contributed by atoms with van der Waals surface area (Å²) in [5.74, 6) is -0.432. The molecule has 25 heavy (non-hydrogen) atoms. The summed E-state index contributed by atoms with van der Waals surface area (Å²) in [5, 5.41) is 2.43. The molecule has 2 aromatic rings. The highest BCUT2D eigenvalue weighted by Gasteiger charge is 2.34. The lowest BCUT2D eigenvalue weighted by atomic mass is 10.1. The van der Waals surface area contributed by atoms with Gasteiger partial charge in [0.2, 0.25) is 0 Å². The zero-order chi connectivity index (χ0) is 18.8. The van der Waals surface area contributed by atoms with Gasteiger partial charge in [-0.2, -0.15) is 13.2 Å². The lowest BCUT2D eigenvalue weighted by Gasteiger charge is -2.15. The van der Waals surface area contributed by atoms with Crippen molar-refractivity contribution < 1.29 is 22.7 Å². The Labute approximate surface area is 152 Å². The van der Waals surface area contributed by atoms with Crippen molar-refractivity contribution in [1.82, 2.24) is 0 Å². The number of hydrogen-bond acceptors (Lipinski definition) is 2. The number of amides is 1. The number of carbonyl (C=O) groups excluding carboxylic acids is 1.